The summed E-state index contributed by atoms with van der Waals surface area (Å²) in [6.45, 7) is 3.86. The van der Waals surface area contributed by atoms with Crippen molar-refractivity contribution in [2.45, 2.75) is 19.9 Å². The first-order chi connectivity index (χ1) is 7.04. The molecule has 5 nitrogen and oxygen atoms in total. The number of hydrogen-bond acceptors (Lipinski definition) is 3. The van der Waals surface area contributed by atoms with Crippen molar-refractivity contribution in [2.24, 2.45) is 0 Å². The van der Waals surface area contributed by atoms with Gasteiger partial charge in [0.05, 0.1) is 18.1 Å². The minimum atomic E-state index is -0.120. The van der Waals surface area contributed by atoms with Crippen molar-refractivity contribution in [3.63, 3.8) is 0 Å². The van der Waals surface area contributed by atoms with Crippen LogP contribution in [-0.2, 0) is 0 Å². The molecule has 0 saturated heterocycles. The predicted octanol–water partition coefficient (Wildman–Crippen LogP) is 1.56. The van der Waals surface area contributed by atoms with E-state index in [4.69, 9.17) is 0 Å². The van der Waals surface area contributed by atoms with Gasteiger partial charge in [-0.2, -0.15) is 5.10 Å². The fraction of sp³-hybridized carbons (Fsp3) is 0.556. The Morgan fingerprint density at radius 1 is 1.67 bits per heavy atom. The first kappa shape index (κ1) is 11.9. The maximum atomic E-state index is 11.6. The van der Waals surface area contributed by atoms with E-state index < -0.39 is 0 Å². The lowest BCUT2D eigenvalue weighted by Crippen LogP contribution is -2.40. The van der Waals surface area contributed by atoms with Crippen molar-refractivity contribution < 1.29 is 4.79 Å². The van der Waals surface area contributed by atoms with Crippen LogP contribution in [0.25, 0.3) is 0 Å². The van der Waals surface area contributed by atoms with Crippen LogP contribution in [0.15, 0.2) is 12.4 Å². The maximum Gasteiger partial charge on any atom is 0.321 e. The summed E-state index contributed by atoms with van der Waals surface area (Å²) < 4.78 is 1.70. The van der Waals surface area contributed by atoms with Gasteiger partial charge in [0, 0.05) is 19.3 Å². The van der Waals surface area contributed by atoms with Crippen molar-refractivity contribution in [2.75, 3.05) is 18.2 Å². The fourth-order valence-corrected chi connectivity index (χ4v) is 1.38. The van der Waals surface area contributed by atoms with Gasteiger partial charge >= 0.3 is 6.03 Å². The molecule has 6 heteroatoms. The van der Waals surface area contributed by atoms with Gasteiger partial charge < -0.3 is 5.32 Å². The molecular weight excluding hydrogens is 212 g/mol. The zero-order chi connectivity index (χ0) is 11.4. The molecule has 0 aromatic carbocycles. The third kappa shape index (κ3) is 3.16. The zero-order valence-electron chi connectivity index (χ0n) is 9.39. The standard InChI is InChI=1S/C9H16N4OS/c1-7(2)11-9(14)12(3)8-5-10-13(6-8)15-4/h5-7H,1-4H3,(H,11,14). The number of amides is 2. The molecule has 84 valence electrons. The maximum absolute atomic E-state index is 11.6. The predicted molar refractivity (Wildman–Crippen MR) is 63.2 cm³/mol. The second-order valence-corrected chi connectivity index (χ2v) is 4.19. The normalized spacial score (nSPS) is 10.5. The molecule has 1 aromatic rings. The number of carbonyl (C=O) groups excluding carboxylic acids is 1. The number of hydrogen-bond donors (Lipinski definition) is 1. The van der Waals surface area contributed by atoms with Gasteiger partial charge in [-0.1, -0.05) is 0 Å². The third-order valence-corrected chi connectivity index (χ3v) is 2.41. The summed E-state index contributed by atoms with van der Waals surface area (Å²) >= 11 is 1.48. The minimum Gasteiger partial charge on any atom is -0.336 e. The Morgan fingerprint density at radius 3 is 2.80 bits per heavy atom. The topological polar surface area (TPSA) is 50.2 Å². The highest BCUT2D eigenvalue weighted by molar-refractivity contribution is 7.97. The monoisotopic (exact) mass is 228 g/mol. The average Bonchev–Trinajstić information content (AvgIpc) is 2.63. The summed E-state index contributed by atoms with van der Waals surface area (Å²) in [4.78, 5) is 13.2. The second-order valence-electron chi connectivity index (χ2n) is 3.45. The fourth-order valence-electron chi connectivity index (χ4n) is 1.03. The quantitative estimate of drug-likeness (QED) is 0.854. The van der Waals surface area contributed by atoms with E-state index in [1.165, 1.54) is 11.9 Å². The molecule has 1 rings (SSSR count). The Morgan fingerprint density at radius 2 is 2.33 bits per heavy atom. The SMILES string of the molecule is CSn1cc(N(C)C(=O)NC(C)C)cn1. The van der Waals surface area contributed by atoms with Crippen LogP contribution in [0.5, 0.6) is 0 Å². The molecule has 0 bridgehead atoms. The number of urea groups is 1. The number of aromatic nitrogens is 2. The molecule has 2 amide bonds. The van der Waals surface area contributed by atoms with Crippen molar-refractivity contribution in [1.29, 1.82) is 0 Å². The summed E-state index contributed by atoms with van der Waals surface area (Å²) in [6.07, 6.45) is 5.39. The van der Waals surface area contributed by atoms with Gasteiger partial charge in [-0.05, 0) is 25.8 Å². The van der Waals surface area contributed by atoms with Crippen molar-refractivity contribution >= 4 is 23.7 Å². The van der Waals surface area contributed by atoms with Crippen LogP contribution in [0.3, 0.4) is 0 Å². The molecule has 1 N–H and O–H groups in total. The van der Waals surface area contributed by atoms with Crippen molar-refractivity contribution in [3.8, 4) is 0 Å². The number of carbonyl (C=O) groups is 1. The molecule has 0 aliphatic heterocycles. The van der Waals surface area contributed by atoms with Crippen LogP contribution in [0.2, 0.25) is 0 Å². The van der Waals surface area contributed by atoms with Gasteiger partial charge in [-0.25, -0.2) is 8.88 Å². The van der Waals surface area contributed by atoms with E-state index >= 15 is 0 Å². The Bertz CT molecular complexity index is 337. The van der Waals surface area contributed by atoms with E-state index in [0.717, 1.165) is 5.69 Å². The highest BCUT2D eigenvalue weighted by atomic mass is 32.2. The molecule has 1 aromatic heterocycles. The lowest BCUT2D eigenvalue weighted by atomic mass is 10.4. The minimum absolute atomic E-state index is 0.120. The summed E-state index contributed by atoms with van der Waals surface area (Å²) in [5, 5.41) is 6.89. The third-order valence-electron chi connectivity index (χ3n) is 1.84. The lowest BCUT2D eigenvalue weighted by Gasteiger charge is -2.17. The number of anilines is 1. The Kier molecular flexibility index (Phi) is 4.02. The van der Waals surface area contributed by atoms with Crippen LogP contribution in [0, 0.1) is 0 Å². The molecule has 0 aliphatic carbocycles. The summed E-state index contributed by atoms with van der Waals surface area (Å²) in [5.74, 6) is 0. The molecule has 15 heavy (non-hydrogen) atoms. The molecule has 0 saturated carbocycles. The van der Waals surface area contributed by atoms with Crippen molar-refractivity contribution in [1.82, 2.24) is 14.5 Å². The largest absolute Gasteiger partial charge is 0.336 e. The van der Waals surface area contributed by atoms with Crippen LogP contribution < -0.4 is 10.2 Å². The number of nitrogens with zero attached hydrogens (tertiary/aromatic N) is 3. The molecule has 0 unspecified atom stereocenters. The Hall–Kier alpha value is -1.17. The summed E-state index contributed by atoms with van der Waals surface area (Å²) in [6, 6.07) is 0.0150. The van der Waals surface area contributed by atoms with Gasteiger partial charge in [0.25, 0.3) is 0 Å². The smallest absolute Gasteiger partial charge is 0.321 e. The Balaban J connectivity index is 2.67. The molecule has 0 spiro atoms. The van der Waals surface area contributed by atoms with Gasteiger partial charge in [0.1, 0.15) is 0 Å². The van der Waals surface area contributed by atoms with E-state index in [0.29, 0.717) is 0 Å². The molecule has 1 heterocycles. The summed E-state index contributed by atoms with van der Waals surface area (Å²) in [7, 11) is 1.72. The second kappa shape index (κ2) is 5.06. The van der Waals surface area contributed by atoms with Crippen LogP contribution in [0.1, 0.15) is 13.8 Å². The zero-order valence-corrected chi connectivity index (χ0v) is 10.2. The summed E-state index contributed by atoms with van der Waals surface area (Å²) in [5.41, 5.74) is 0.780. The van der Waals surface area contributed by atoms with E-state index in [9.17, 15) is 4.79 Å². The van der Waals surface area contributed by atoms with Crippen LogP contribution >= 0.6 is 11.9 Å². The van der Waals surface area contributed by atoms with Gasteiger partial charge in [-0.15, -0.1) is 0 Å². The lowest BCUT2D eigenvalue weighted by molar-refractivity contribution is 0.245. The van der Waals surface area contributed by atoms with Gasteiger partial charge in [-0.3, -0.25) is 4.90 Å². The first-order valence-corrected chi connectivity index (χ1v) is 5.86. The van der Waals surface area contributed by atoms with E-state index in [1.807, 2.05) is 26.3 Å². The molecule has 0 radical (unpaired) electrons. The van der Waals surface area contributed by atoms with Crippen LogP contribution in [-0.4, -0.2) is 34.6 Å². The molecule has 0 atom stereocenters. The average molecular weight is 228 g/mol. The number of nitrogens with one attached hydrogen (secondary N) is 1. The number of rotatable bonds is 3. The highest BCUT2D eigenvalue weighted by Gasteiger charge is 2.12. The Labute approximate surface area is 94.0 Å². The van der Waals surface area contributed by atoms with Gasteiger partial charge in [0.15, 0.2) is 0 Å². The van der Waals surface area contributed by atoms with E-state index in [2.05, 4.69) is 10.4 Å². The van der Waals surface area contributed by atoms with Crippen molar-refractivity contribution in [3.05, 3.63) is 12.4 Å². The van der Waals surface area contributed by atoms with Gasteiger partial charge in [0.2, 0.25) is 0 Å². The highest BCUT2D eigenvalue weighted by Crippen LogP contribution is 2.13. The van der Waals surface area contributed by atoms with E-state index in [-0.39, 0.29) is 12.1 Å². The molecular formula is C9H16N4OS. The molecule has 0 fully saturated rings. The molecule has 0 aliphatic rings. The van der Waals surface area contributed by atoms with E-state index in [1.54, 1.807) is 22.2 Å². The first-order valence-electron chi connectivity index (χ1n) is 4.68. The van der Waals surface area contributed by atoms with Crippen LogP contribution in [0.4, 0.5) is 10.5 Å².